The molecule has 0 aliphatic carbocycles. The van der Waals surface area contributed by atoms with E-state index >= 15 is 0 Å². The molecule has 3 rings (SSSR count). The van der Waals surface area contributed by atoms with E-state index in [2.05, 4.69) is 17.1 Å². The van der Waals surface area contributed by atoms with Crippen molar-refractivity contribution in [1.29, 1.82) is 0 Å². The molecule has 0 bridgehead atoms. The van der Waals surface area contributed by atoms with Gasteiger partial charge in [-0.3, -0.25) is 0 Å². The number of hydrogen-bond donors (Lipinski definition) is 2. The van der Waals surface area contributed by atoms with Gasteiger partial charge >= 0.3 is 0 Å². The number of aliphatic hydroxyl groups is 1. The number of piperazine rings is 1. The zero-order valence-corrected chi connectivity index (χ0v) is 10.4. The van der Waals surface area contributed by atoms with E-state index in [0.29, 0.717) is 11.8 Å². The molecule has 0 spiro atoms. The molecule has 5 heteroatoms. The summed E-state index contributed by atoms with van der Waals surface area (Å²) in [6.07, 6.45) is -0.866. The van der Waals surface area contributed by atoms with Gasteiger partial charge in [0, 0.05) is 25.7 Å². The van der Waals surface area contributed by atoms with Gasteiger partial charge in [-0.1, -0.05) is 6.07 Å². The Balaban J connectivity index is 1.90. The topological polar surface area (TPSA) is 54.0 Å². The normalized spacial score (nSPS) is 27.1. The number of nitrogens with one attached hydrogen (secondary N) is 1. The van der Waals surface area contributed by atoms with Crippen LogP contribution in [0, 0.1) is 0 Å². The Morgan fingerprint density at radius 2 is 2.33 bits per heavy atom. The summed E-state index contributed by atoms with van der Waals surface area (Å²) in [6.45, 7) is 5.22. The number of benzene rings is 1. The van der Waals surface area contributed by atoms with Crippen LogP contribution in [0.25, 0.3) is 0 Å². The van der Waals surface area contributed by atoms with Crippen molar-refractivity contribution in [2.24, 2.45) is 0 Å². The number of nitrogens with zero attached hydrogens (tertiary/aromatic N) is 1. The van der Waals surface area contributed by atoms with Gasteiger partial charge in [0.1, 0.15) is 0 Å². The highest BCUT2D eigenvalue weighted by atomic mass is 16.7. The van der Waals surface area contributed by atoms with Crippen LogP contribution < -0.4 is 19.7 Å². The molecule has 2 heterocycles. The Morgan fingerprint density at radius 1 is 1.44 bits per heavy atom. The molecule has 0 amide bonds. The van der Waals surface area contributed by atoms with Gasteiger partial charge in [-0.2, -0.15) is 0 Å². The van der Waals surface area contributed by atoms with E-state index in [0.717, 1.165) is 31.1 Å². The molecule has 2 N–H and O–H groups in total. The van der Waals surface area contributed by atoms with E-state index in [9.17, 15) is 5.11 Å². The number of para-hydroxylation sites is 1. The lowest BCUT2D eigenvalue weighted by Gasteiger charge is -2.36. The summed E-state index contributed by atoms with van der Waals surface area (Å²) in [5.41, 5.74) is 1.05. The standard InChI is InChI=1S/C13H18N2O3/c1-9-7-15(6-5-14-9)10-3-2-4-11-13(10)17-8-12(16)18-11/h2-4,9,12,14,16H,5-8H2,1H3. The number of hydrogen-bond acceptors (Lipinski definition) is 5. The van der Waals surface area contributed by atoms with Crippen LogP contribution in [0.4, 0.5) is 5.69 Å². The molecule has 0 aromatic heterocycles. The second-order valence-corrected chi connectivity index (χ2v) is 4.79. The van der Waals surface area contributed by atoms with Gasteiger partial charge in [0.15, 0.2) is 18.1 Å². The Morgan fingerprint density at radius 3 is 3.17 bits per heavy atom. The van der Waals surface area contributed by atoms with Crippen molar-refractivity contribution in [2.45, 2.75) is 19.3 Å². The maximum Gasteiger partial charge on any atom is 0.232 e. The third-order valence-electron chi connectivity index (χ3n) is 3.30. The summed E-state index contributed by atoms with van der Waals surface area (Å²) >= 11 is 0. The number of fused-ring (bicyclic) bond motifs is 1. The second-order valence-electron chi connectivity index (χ2n) is 4.79. The molecule has 5 nitrogen and oxygen atoms in total. The van der Waals surface area contributed by atoms with Crippen molar-refractivity contribution in [1.82, 2.24) is 5.32 Å². The minimum absolute atomic E-state index is 0.186. The average Bonchev–Trinajstić information content (AvgIpc) is 2.37. The zero-order chi connectivity index (χ0) is 12.5. The lowest BCUT2D eigenvalue weighted by atomic mass is 10.1. The molecule has 2 atom stereocenters. The van der Waals surface area contributed by atoms with Crippen molar-refractivity contribution in [3.05, 3.63) is 18.2 Å². The van der Waals surface area contributed by atoms with Crippen LogP contribution in [0.1, 0.15) is 6.92 Å². The number of rotatable bonds is 1. The van der Waals surface area contributed by atoms with Gasteiger partial charge in [0.05, 0.1) is 5.69 Å². The molecule has 1 fully saturated rings. The van der Waals surface area contributed by atoms with Gasteiger partial charge < -0.3 is 24.8 Å². The first-order valence-corrected chi connectivity index (χ1v) is 6.33. The maximum absolute atomic E-state index is 9.43. The van der Waals surface area contributed by atoms with Crippen LogP contribution >= 0.6 is 0 Å². The first-order valence-electron chi connectivity index (χ1n) is 6.33. The first-order chi connectivity index (χ1) is 8.74. The average molecular weight is 250 g/mol. The largest absolute Gasteiger partial charge is 0.481 e. The molecule has 0 radical (unpaired) electrons. The fraction of sp³-hybridized carbons (Fsp3) is 0.538. The Hall–Kier alpha value is -1.46. The summed E-state index contributed by atoms with van der Waals surface area (Å²) in [4.78, 5) is 2.29. The van der Waals surface area contributed by atoms with Crippen molar-refractivity contribution in [3.63, 3.8) is 0 Å². The summed E-state index contributed by atoms with van der Waals surface area (Å²) < 4.78 is 11.0. The SMILES string of the molecule is CC1CN(c2cccc3c2OCC(O)O3)CCN1. The van der Waals surface area contributed by atoms with Crippen LogP contribution in [0.15, 0.2) is 18.2 Å². The molecule has 98 valence electrons. The molecule has 1 saturated heterocycles. The molecule has 1 aromatic rings. The van der Waals surface area contributed by atoms with E-state index in [4.69, 9.17) is 9.47 Å². The molecule has 2 aliphatic heterocycles. The quantitative estimate of drug-likeness (QED) is 0.763. The summed E-state index contributed by atoms with van der Waals surface area (Å²) in [7, 11) is 0. The molecular weight excluding hydrogens is 232 g/mol. The number of ether oxygens (including phenoxy) is 2. The highest BCUT2D eigenvalue weighted by Gasteiger charge is 2.25. The predicted molar refractivity (Wildman–Crippen MR) is 68.2 cm³/mol. The Bertz CT molecular complexity index is 438. The van der Waals surface area contributed by atoms with Gasteiger partial charge in [-0.15, -0.1) is 0 Å². The lowest BCUT2D eigenvalue weighted by molar-refractivity contribution is -0.0667. The van der Waals surface area contributed by atoms with Crippen LogP contribution in [-0.2, 0) is 0 Å². The summed E-state index contributed by atoms with van der Waals surface area (Å²) in [5.74, 6) is 1.37. The summed E-state index contributed by atoms with van der Waals surface area (Å²) in [6, 6.07) is 6.26. The molecule has 2 aliphatic rings. The van der Waals surface area contributed by atoms with E-state index in [-0.39, 0.29) is 6.61 Å². The number of aliphatic hydroxyl groups excluding tert-OH is 1. The first kappa shape index (κ1) is 11.6. The van der Waals surface area contributed by atoms with E-state index < -0.39 is 6.29 Å². The molecule has 1 aromatic carbocycles. The third kappa shape index (κ3) is 2.11. The minimum Gasteiger partial charge on any atom is -0.481 e. The fourth-order valence-corrected chi connectivity index (χ4v) is 2.48. The molecular formula is C13H18N2O3. The van der Waals surface area contributed by atoms with Crippen LogP contribution in [0.3, 0.4) is 0 Å². The van der Waals surface area contributed by atoms with Crippen molar-refractivity contribution in [2.75, 3.05) is 31.1 Å². The van der Waals surface area contributed by atoms with Crippen molar-refractivity contribution in [3.8, 4) is 11.5 Å². The molecule has 0 saturated carbocycles. The van der Waals surface area contributed by atoms with Gasteiger partial charge in [-0.25, -0.2) is 0 Å². The van der Waals surface area contributed by atoms with Gasteiger partial charge in [0.2, 0.25) is 6.29 Å². The predicted octanol–water partition coefficient (Wildman–Crippen LogP) is 0.574. The van der Waals surface area contributed by atoms with Crippen LogP contribution in [0.2, 0.25) is 0 Å². The highest BCUT2D eigenvalue weighted by molar-refractivity contribution is 5.65. The van der Waals surface area contributed by atoms with Crippen LogP contribution in [-0.4, -0.2) is 43.7 Å². The highest BCUT2D eigenvalue weighted by Crippen LogP contribution is 2.40. The second kappa shape index (κ2) is 4.66. The monoisotopic (exact) mass is 250 g/mol. The van der Waals surface area contributed by atoms with Gasteiger partial charge in [0.25, 0.3) is 0 Å². The van der Waals surface area contributed by atoms with Crippen molar-refractivity contribution < 1.29 is 14.6 Å². The smallest absolute Gasteiger partial charge is 0.232 e. The van der Waals surface area contributed by atoms with Crippen molar-refractivity contribution >= 4 is 5.69 Å². The van der Waals surface area contributed by atoms with E-state index in [1.54, 1.807) is 0 Å². The molecule has 18 heavy (non-hydrogen) atoms. The minimum atomic E-state index is -0.866. The Kier molecular flexibility index (Phi) is 3.01. The van der Waals surface area contributed by atoms with E-state index in [1.807, 2.05) is 18.2 Å². The van der Waals surface area contributed by atoms with Crippen LogP contribution in [0.5, 0.6) is 11.5 Å². The van der Waals surface area contributed by atoms with E-state index in [1.165, 1.54) is 0 Å². The molecule has 2 unspecified atom stereocenters. The third-order valence-corrected chi connectivity index (χ3v) is 3.30. The summed E-state index contributed by atoms with van der Waals surface area (Å²) in [5, 5.41) is 12.8. The fourth-order valence-electron chi connectivity index (χ4n) is 2.48. The maximum atomic E-state index is 9.43. The lowest BCUT2D eigenvalue weighted by Crippen LogP contribution is -2.49. The Labute approximate surface area is 106 Å². The number of anilines is 1. The zero-order valence-electron chi connectivity index (χ0n) is 10.4. The van der Waals surface area contributed by atoms with Gasteiger partial charge in [-0.05, 0) is 19.1 Å².